The Morgan fingerprint density at radius 2 is 1.76 bits per heavy atom. The number of hydrogen-bond acceptors (Lipinski definition) is 3. The second kappa shape index (κ2) is 7.78. The van der Waals surface area contributed by atoms with Crippen LogP contribution in [0.15, 0.2) is 18.2 Å². The van der Waals surface area contributed by atoms with Crippen molar-refractivity contribution in [2.24, 2.45) is 0 Å². The maximum absolute atomic E-state index is 12.1. The molecule has 21 heavy (non-hydrogen) atoms. The number of hydrogen-bond donors (Lipinski definition) is 3. The fourth-order valence-electron chi connectivity index (χ4n) is 2.24. The molecule has 0 aliphatic carbocycles. The van der Waals surface area contributed by atoms with Crippen molar-refractivity contribution in [2.75, 3.05) is 5.32 Å². The Morgan fingerprint density at radius 3 is 2.24 bits per heavy atom. The van der Waals surface area contributed by atoms with Crippen molar-refractivity contribution in [3.63, 3.8) is 0 Å². The summed E-state index contributed by atoms with van der Waals surface area (Å²) in [7, 11) is 0. The first-order valence-corrected chi connectivity index (χ1v) is 7.21. The van der Waals surface area contributed by atoms with Crippen molar-refractivity contribution >= 4 is 17.6 Å². The maximum atomic E-state index is 12.1. The minimum absolute atomic E-state index is 0.234. The maximum Gasteiger partial charge on any atom is 0.320 e. The molecule has 0 heterocycles. The summed E-state index contributed by atoms with van der Waals surface area (Å²) in [5.41, 5.74) is 2.87. The van der Waals surface area contributed by atoms with Crippen molar-refractivity contribution in [3.8, 4) is 0 Å². The topological polar surface area (TPSA) is 78.4 Å². The third-order valence-corrected chi connectivity index (χ3v) is 3.21. The molecule has 0 aromatic heterocycles. The Labute approximate surface area is 125 Å². The van der Waals surface area contributed by atoms with E-state index in [1.54, 1.807) is 6.92 Å². The zero-order valence-corrected chi connectivity index (χ0v) is 13.1. The number of aryl methyl sites for hydroxylation is 2. The van der Waals surface area contributed by atoms with Gasteiger partial charge in [0.15, 0.2) is 0 Å². The van der Waals surface area contributed by atoms with Gasteiger partial charge in [0.05, 0.1) is 6.04 Å². The van der Waals surface area contributed by atoms with E-state index in [4.69, 9.17) is 5.11 Å². The molecule has 2 atom stereocenters. The number of amides is 1. The van der Waals surface area contributed by atoms with Crippen LogP contribution in [0.4, 0.5) is 5.69 Å². The third-order valence-electron chi connectivity index (χ3n) is 3.21. The van der Waals surface area contributed by atoms with Crippen molar-refractivity contribution in [3.05, 3.63) is 29.3 Å². The molecule has 0 aliphatic rings. The Kier molecular flexibility index (Phi) is 6.37. The lowest BCUT2D eigenvalue weighted by molar-refractivity contribution is -0.140. The minimum atomic E-state index is -0.928. The molecule has 1 aromatic rings. The molecule has 0 spiro atoms. The molecule has 1 rings (SSSR count). The number of carboxylic acids is 1. The number of carbonyl (C=O) groups is 2. The second-order valence-electron chi connectivity index (χ2n) is 5.43. The molecule has 1 amide bonds. The highest BCUT2D eigenvalue weighted by Gasteiger charge is 2.22. The van der Waals surface area contributed by atoms with Crippen LogP contribution >= 0.6 is 0 Å². The molecular weight excluding hydrogens is 268 g/mol. The Hall–Kier alpha value is -1.88. The highest BCUT2D eigenvalue weighted by molar-refractivity contribution is 5.95. The second-order valence-corrected chi connectivity index (χ2v) is 5.43. The highest BCUT2D eigenvalue weighted by Crippen LogP contribution is 2.14. The van der Waals surface area contributed by atoms with Crippen molar-refractivity contribution in [1.29, 1.82) is 0 Å². The SMILES string of the molecule is CCCC(NC(C)C(=O)Nc1cc(C)cc(C)c1)C(=O)O. The van der Waals surface area contributed by atoms with Crippen LogP contribution in [0.1, 0.15) is 37.8 Å². The first-order chi connectivity index (χ1) is 9.83. The number of benzene rings is 1. The van der Waals surface area contributed by atoms with Gasteiger partial charge in [-0.3, -0.25) is 14.9 Å². The van der Waals surface area contributed by atoms with Gasteiger partial charge in [-0.05, 0) is 50.5 Å². The van der Waals surface area contributed by atoms with Gasteiger partial charge in [0.1, 0.15) is 6.04 Å². The van der Waals surface area contributed by atoms with Crippen LogP contribution in [0.25, 0.3) is 0 Å². The summed E-state index contributed by atoms with van der Waals surface area (Å²) in [5, 5.41) is 14.8. The van der Waals surface area contributed by atoms with Gasteiger partial charge >= 0.3 is 5.97 Å². The van der Waals surface area contributed by atoms with Crippen LogP contribution < -0.4 is 10.6 Å². The van der Waals surface area contributed by atoms with Gasteiger partial charge < -0.3 is 10.4 Å². The molecule has 0 saturated heterocycles. The standard InChI is InChI=1S/C16H24N2O3/c1-5-6-14(16(20)21)17-12(4)15(19)18-13-8-10(2)7-11(3)9-13/h7-9,12,14,17H,5-6H2,1-4H3,(H,18,19)(H,20,21). The van der Waals surface area contributed by atoms with Gasteiger partial charge in [0, 0.05) is 5.69 Å². The average Bonchev–Trinajstić information content (AvgIpc) is 2.36. The quantitative estimate of drug-likeness (QED) is 0.721. The van der Waals surface area contributed by atoms with Crippen molar-refractivity contribution in [1.82, 2.24) is 5.32 Å². The van der Waals surface area contributed by atoms with E-state index in [0.29, 0.717) is 6.42 Å². The number of rotatable bonds is 7. The number of anilines is 1. The number of aliphatic carboxylic acids is 1. The van der Waals surface area contributed by atoms with Gasteiger partial charge in [0.25, 0.3) is 0 Å². The Morgan fingerprint density at radius 1 is 1.19 bits per heavy atom. The van der Waals surface area contributed by atoms with Gasteiger partial charge in [-0.1, -0.05) is 19.4 Å². The monoisotopic (exact) mass is 292 g/mol. The van der Waals surface area contributed by atoms with E-state index >= 15 is 0 Å². The summed E-state index contributed by atoms with van der Waals surface area (Å²) in [5.74, 6) is -1.16. The molecular formula is C16H24N2O3. The predicted octanol–water partition coefficient (Wildman–Crippen LogP) is 2.47. The smallest absolute Gasteiger partial charge is 0.320 e. The molecule has 116 valence electrons. The largest absolute Gasteiger partial charge is 0.480 e. The number of carboxylic acid groups (broad SMARTS) is 1. The lowest BCUT2D eigenvalue weighted by atomic mass is 10.1. The van der Waals surface area contributed by atoms with Crippen LogP contribution in [0.2, 0.25) is 0 Å². The summed E-state index contributed by atoms with van der Waals surface area (Å²) in [4.78, 5) is 23.2. The molecule has 0 bridgehead atoms. The molecule has 0 fully saturated rings. The highest BCUT2D eigenvalue weighted by atomic mass is 16.4. The first kappa shape index (κ1) is 17.2. The van der Waals surface area contributed by atoms with E-state index in [9.17, 15) is 9.59 Å². The Bertz CT molecular complexity index is 494. The van der Waals surface area contributed by atoms with Crippen LogP contribution in [0.3, 0.4) is 0 Å². The lowest BCUT2D eigenvalue weighted by Crippen LogP contribution is -2.47. The summed E-state index contributed by atoms with van der Waals surface area (Å²) in [6.45, 7) is 7.51. The zero-order chi connectivity index (χ0) is 16.0. The van der Waals surface area contributed by atoms with E-state index in [1.165, 1.54) is 0 Å². The van der Waals surface area contributed by atoms with Gasteiger partial charge in [-0.15, -0.1) is 0 Å². The van der Waals surface area contributed by atoms with E-state index in [1.807, 2.05) is 39.0 Å². The molecule has 5 heteroatoms. The summed E-state index contributed by atoms with van der Waals surface area (Å²) in [6.07, 6.45) is 1.24. The summed E-state index contributed by atoms with van der Waals surface area (Å²) in [6, 6.07) is 4.53. The molecule has 0 radical (unpaired) electrons. The van der Waals surface area contributed by atoms with Crippen LogP contribution in [0, 0.1) is 13.8 Å². The van der Waals surface area contributed by atoms with Gasteiger partial charge in [-0.2, -0.15) is 0 Å². The normalized spacial score (nSPS) is 13.5. The molecule has 1 aromatic carbocycles. The molecule has 3 N–H and O–H groups in total. The number of nitrogens with one attached hydrogen (secondary N) is 2. The van der Waals surface area contributed by atoms with E-state index < -0.39 is 18.1 Å². The molecule has 0 saturated carbocycles. The van der Waals surface area contributed by atoms with Crippen molar-refractivity contribution < 1.29 is 14.7 Å². The fraction of sp³-hybridized carbons (Fsp3) is 0.500. The molecule has 2 unspecified atom stereocenters. The molecule has 0 aliphatic heterocycles. The number of carbonyl (C=O) groups excluding carboxylic acids is 1. The van der Waals surface area contributed by atoms with Gasteiger partial charge in [0.2, 0.25) is 5.91 Å². The van der Waals surface area contributed by atoms with Crippen LogP contribution in [0.5, 0.6) is 0 Å². The summed E-state index contributed by atoms with van der Waals surface area (Å²) >= 11 is 0. The van der Waals surface area contributed by atoms with E-state index in [0.717, 1.165) is 23.2 Å². The summed E-state index contributed by atoms with van der Waals surface area (Å²) < 4.78 is 0. The van der Waals surface area contributed by atoms with E-state index in [2.05, 4.69) is 10.6 Å². The zero-order valence-electron chi connectivity index (χ0n) is 13.1. The Balaban J connectivity index is 2.67. The third kappa shape index (κ3) is 5.55. The van der Waals surface area contributed by atoms with Crippen molar-refractivity contribution in [2.45, 2.75) is 52.6 Å². The van der Waals surface area contributed by atoms with Crippen LogP contribution in [-0.4, -0.2) is 29.1 Å². The predicted molar refractivity (Wildman–Crippen MR) is 83.5 cm³/mol. The minimum Gasteiger partial charge on any atom is -0.480 e. The van der Waals surface area contributed by atoms with Gasteiger partial charge in [-0.25, -0.2) is 0 Å². The molecule has 5 nitrogen and oxygen atoms in total. The average molecular weight is 292 g/mol. The lowest BCUT2D eigenvalue weighted by Gasteiger charge is -2.19. The fourth-order valence-corrected chi connectivity index (χ4v) is 2.24. The first-order valence-electron chi connectivity index (χ1n) is 7.21. The van der Waals surface area contributed by atoms with E-state index in [-0.39, 0.29) is 5.91 Å². The van der Waals surface area contributed by atoms with Crippen LogP contribution in [-0.2, 0) is 9.59 Å².